The summed E-state index contributed by atoms with van der Waals surface area (Å²) < 4.78 is 23.5. The van der Waals surface area contributed by atoms with Crippen molar-refractivity contribution in [1.82, 2.24) is 15.5 Å². The molecule has 180 valence electrons. The van der Waals surface area contributed by atoms with E-state index in [0.29, 0.717) is 36.8 Å². The fourth-order valence-corrected chi connectivity index (χ4v) is 5.16. The summed E-state index contributed by atoms with van der Waals surface area (Å²) in [6, 6.07) is 12.7. The molecule has 2 aromatic rings. The van der Waals surface area contributed by atoms with Crippen LogP contribution in [0.5, 0.6) is 0 Å². The average molecular weight is 505 g/mol. The van der Waals surface area contributed by atoms with Gasteiger partial charge in [0.25, 0.3) is 5.91 Å². The fourth-order valence-electron chi connectivity index (χ4n) is 4.34. The Hall–Kier alpha value is -3.11. The molecule has 1 unspecified atom stereocenters. The monoisotopic (exact) mass is 504 g/mol. The Morgan fingerprint density at radius 1 is 1.06 bits per heavy atom. The highest BCUT2D eigenvalue weighted by atomic mass is 35.5. The number of benzene rings is 2. The maximum absolute atomic E-state index is 13.0. The van der Waals surface area contributed by atoms with Crippen molar-refractivity contribution >= 4 is 45.0 Å². The third-order valence-corrected chi connectivity index (χ3v) is 7.60. The number of piperazine rings is 1. The van der Waals surface area contributed by atoms with Gasteiger partial charge < -0.3 is 15.1 Å². The topological polar surface area (TPSA) is 116 Å². The van der Waals surface area contributed by atoms with Gasteiger partial charge in [0.05, 0.1) is 4.90 Å². The molecule has 1 atom stereocenters. The molecule has 2 aliphatic rings. The fraction of sp³-hybridized carbons (Fsp3) is 0.348. The smallest absolute Gasteiger partial charge is 0.322 e. The second kappa shape index (κ2) is 9.27. The van der Waals surface area contributed by atoms with E-state index in [4.69, 9.17) is 11.6 Å². The number of hydrogen-bond acceptors (Lipinski definition) is 6. The molecule has 2 aliphatic heterocycles. The van der Waals surface area contributed by atoms with Gasteiger partial charge in [-0.15, -0.1) is 0 Å². The lowest BCUT2D eigenvalue weighted by Gasteiger charge is -2.36. The number of nitrogens with zero attached hydrogens (tertiary/aromatic N) is 2. The third kappa shape index (κ3) is 4.88. The van der Waals surface area contributed by atoms with Crippen LogP contribution >= 0.6 is 11.6 Å². The van der Waals surface area contributed by atoms with Crippen molar-refractivity contribution in [3.05, 3.63) is 59.1 Å². The molecule has 0 bridgehead atoms. The number of carbonyl (C=O) groups is 3. The van der Waals surface area contributed by atoms with Gasteiger partial charge in [0, 0.05) is 49.6 Å². The highest BCUT2D eigenvalue weighted by molar-refractivity contribution is 7.90. The lowest BCUT2D eigenvalue weighted by Crippen LogP contribution is -2.50. The number of urea groups is 1. The van der Waals surface area contributed by atoms with E-state index >= 15 is 0 Å². The highest BCUT2D eigenvalue weighted by Crippen LogP contribution is 2.31. The van der Waals surface area contributed by atoms with Gasteiger partial charge >= 0.3 is 6.03 Å². The summed E-state index contributed by atoms with van der Waals surface area (Å²) >= 11 is 6.08. The minimum Gasteiger partial charge on any atom is -0.368 e. The van der Waals surface area contributed by atoms with Crippen LogP contribution in [0.1, 0.15) is 18.4 Å². The van der Waals surface area contributed by atoms with Gasteiger partial charge in [0.2, 0.25) is 5.91 Å². The van der Waals surface area contributed by atoms with Crippen molar-refractivity contribution in [2.45, 2.75) is 23.3 Å². The Morgan fingerprint density at radius 3 is 2.29 bits per heavy atom. The molecule has 11 heteroatoms. The molecule has 0 radical (unpaired) electrons. The average Bonchev–Trinajstić information content (AvgIpc) is 3.11. The highest BCUT2D eigenvalue weighted by Gasteiger charge is 2.47. The van der Waals surface area contributed by atoms with Crippen molar-refractivity contribution in [2.75, 3.05) is 37.3 Å². The zero-order valence-corrected chi connectivity index (χ0v) is 20.2. The number of anilines is 1. The lowest BCUT2D eigenvalue weighted by atomic mass is 9.85. The second-order valence-corrected chi connectivity index (χ2v) is 10.9. The maximum Gasteiger partial charge on any atom is 0.322 e. The number of nitrogens with one attached hydrogen (secondary N) is 2. The number of imide groups is 1. The quantitative estimate of drug-likeness (QED) is 0.580. The Labute approximate surface area is 203 Å². The van der Waals surface area contributed by atoms with E-state index in [1.165, 1.54) is 24.3 Å². The Kier molecular flexibility index (Phi) is 6.55. The van der Waals surface area contributed by atoms with E-state index in [2.05, 4.69) is 15.5 Å². The van der Waals surface area contributed by atoms with Gasteiger partial charge in [-0.3, -0.25) is 14.9 Å². The van der Waals surface area contributed by atoms with Crippen LogP contribution in [-0.2, 0) is 25.0 Å². The second-order valence-electron chi connectivity index (χ2n) is 8.46. The Bertz CT molecular complexity index is 1230. The molecular formula is C23H25ClN4O5S. The first-order valence-corrected chi connectivity index (χ1v) is 13.1. The van der Waals surface area contributed by atoms with Crippen LogP contribution in [-0.4, -0.2) is 63.6 Å². The van der Waals surface area contributed by atoms with Crippen LogP contribution in [0.15, 0.2) is 53.4 Å². The van der Waals surface area contributed by atoms with Crippen LogP contribution < -0.4 is 15.5 Å². The van der Waals surface area contributed by atoms with Gasteiger partial charge in [0.1, 0.15) is 5.54 Å². The predicted molar refractivity (Wildman–Crippen MR) is 127 cm³/mol. The summed E-state index contributed by atoms with van der Waals surface area (Å²) in [6.07, 6.45) is 1.18. The van der Waals surface area contributed by atoms with Crippen molar-refractivity contribution < 1.29 is 22.8 Å². The maximum atomic E-state index is 13.0. The van der Waals surface area contributed by atoms with Gasteiger partial charge in [-0.1, -0.05) is 29.8 Å². The summed E-state index contributed by atoms with van der Waals surface area (Å²) in [7, 11) is -3.41. The minimum atomic E-state index is -3.41. The van der Waals surface area contributed by atoms with Crippen molar-refractivity contribution in [1.29, 1.82) is 0 Å². The number of sulfone groups is 1. The summed E-state index contributed by atoms with van der Waals surface area (Å²) in [5.74, 6) is -0.685. The summed E-state index contributed by atoms with van der Waals surface area (Å²) in [5.41, 5.74) is -0.0194. The van der Waals surface area contributed by atoms with E-state index in [0.717, 1.165) is 11.9 Å². The number of halogens is 1. The van der Waals surface area contributed by atoms with Crippen LogP contribution in [0.3, 0.4) is 0 Å². The van der Waals surface area contributed by atoms with Crippen LogP contribution in [0, 0.1) is 0 Å². The number of amides is 4. The SMILES string of the molecule is CS(=O)(=O)c1ccc(C2(CCC(=O)N3CCN(c4cccc(Cl)c4)CC3)NC(=O)NC2=O)cc1. The summed E-state index contributed by atoms with van der Waals surface area (Å²) in [4.78, 5) is 41.7. The molecule has 34 heavy (non-hydrogen) atoms. The van der Waals surface area contributed by atoms with Gasteiger partial charge in [-0.05, 0) is 42.3 Å². The van der Waals surface area contributed by atoms with Crippen LogP contribution in [0.25, 0.3) is 0 Å². The molecule has 4 rings (SSSR count). The first kappa shape index (κ1) is 24.0. The molecule has 9 nitrogen and oxygen atoms in total. The van der Waals surface area contributed by atoms with Gasteiger partial charge in [-0.25, -0.2) is 13.2 Å². The van der Waals surface area contributed by atoms with Crippen molar-refractivity contribution in [3.63, 3.8) is 0 Å². The number of rotatable bonds is 6. The van der Waals surface area contributed by atoms with Crippen LogP contribution in [0.2, 0.25) is 5.02 Å². The van der Waals surface area contributed by atoms with Gasteiger partial charge in [0.15, 0.2) is 9.84 Å². The summed E-state index contributed by atoms with van der Waals surface area (Å²) in [5, 5.41) is 5.53. The molecule has 2 fully saturated rings. The zero-order chi connectivity index (χ0) is 24.5. The largest absolute Gasteiger partial charge is 0.368 e. The molecule has 2 aromatic carbocycles. The third-order valence-electron chi connectivity index (χ3n) is 6.24. The van der Waals surface area contributed by atoms with E-state index < -0.39 is 27.3 Å². The molecule has 2 saturated heterocycles. The molecule has 0 spiro atoms. The lowest BCUT2D eigenvalue weighted by molar-refractivity contribution is -0.132. The minimum absolute atomic E-state index is 0.0404. The summed E-state index contributed by atoms with van der Waals surface area (Å²) in [6.45, 7) is 2.36. The van der Waals surface area contributed by atoms with E-state index in [9.17, 15) is 22.8 Å². The molecule has 2 heterocycles. The van der Waals surface area contributed by atoms with E-state index in [1.54, 1.807) is 4.90 Å². The van der Waals surface area contributed by atoms with E-state index in [-0.39, 0.29) is 23.6 Å². The standard InChI is InChI=1S/C23H25ClN4O5S/c1-34(32,33)19-7-5-16(6-8-19)23(21(30)25-22(31)26-23)10-9-20(29)28-13-11-27(12-14-28)18-4-2-3-17(24)15-18/h2-8,15H,9-14H2,1H3,(H2,25,26,30,31). The molecule has 0 aliphatic carbocycles. The number of carbonyl (C=O) groups excluding carboxylic acids is 3. The molecule has 0 saturated carbocycles. The van der Waals surface area contributed by atoms with Gasteiger partial charge in [-0.2, -0.15) is 0 Å². The molecule has 0 aromatic heterocycles. The molecule has 4 amide bonds. The first-order chi connectivity index (χ1) is 16.1. The molecular weight excluding hydrogens is 480 g/mol. The zero-order valence-electron chi connectivity index (χ0n) is 18.6. The normalized spacial score (nSPS) is 20.8. The van der Waals surface area contributed by atoms with Crippen molar-refractivity contribution in [2.24, 2.45) is 0 Å². The molecule has 2 N–H and O–H groups in total. The predicted octanol–water partition coefficient (Wildman–Crippen LogP) is 1.91. The van der Waals surface area contributed by atoms with E-state index in [1.807, 2.05) is 24.3 Å². The first-order valence-electron chi connectivity index (χ1n) is 10.8. The Balaban J connectivity index is 1.44. The van der Waals surface area contributed by atoms with Crippen LogP contribution in [0.4, 0.5) is 10.5 Å². The number of hydrogen-bond donors (Lipinski definition) is 2. The van der Waals surface area contributed by atoms with Crippen molar-refractivity contribution in [3.8, 4) is 0 Å². The Morgan fingerprint density at radius 2 is 1.74 bits per heavy atom.